The van der Waals surface area contributed by atoms with Gasteiger partial charge in [0.2, 0.25) is 11.6 Å². The van der Waals surface area contributed by atoms with Crippen molar-refractivity contribution in [2.75, 3.05) is 0 Å². The van der Waals surface area contributed by atoms with E-state index in [1.54, 1.807) is 0 Å². The molecule has 7 rings (SSSR count). The first-order valence-electron chi connectivity index (χ1n) is 10.2. The number of hydrogen-bond donors (Lipinski definition) is 0. The van der Waals surface area contributed by atoms with E-state index in [2.05, 4.69) is 18.2 Å². The van der Waals surface area contributed by atoms with Gasteiger partial charge in [-0.05, 0) is 55.9 Å². The zero-order chi connectivity index (χ0) is 17.4. The fourth-order valence-electron chi connectivity index (χ4n) is 6.90. The van der Waals surface area contributed by atoms with Crippen molar-refractivity contribution in [3.63, 3.8) is 0 Å². The molecule has 5 atom stereocenters. The third-order valence-corrected chi connectivity index (χ3v) is 8.16. The van der Waals surface area contributed by atoms with Crippen LogP contribution in [0.4, 0.5) is 0 Å². The lowest BCUT2D eigenvalue weighted by Crippen LogP contribution is -2.48. The zero-order valence-electron chi connectivity index (χ0n) is 15.0. The molecule has 136 valence electrons. The van der Waals surface area contributed by atoms with Gasteiger partial charge in [-0.3, -0.25) is 0 Å². The first kappa shape index (κ1) is 15.6. The average molecular weight is 351 g/mol. The Morgan fingerprint density at radius 1 is 0.923 bits per heavy atom. The Morgan fingerprint density at radius 2 is 1.73 bits per heavy atom. The smallest absolute Gasteiger partial charge is 0.210 e. The van der Waals surface area contributed by atoms with Crippen molar-refractivity contribution in [2.45, 2.75) is 68.4 Å². The van der Waals surface area contributed by atoms with Crippen LogP contribution in [0.5, 0.6) is 0 Å². The van der Waals surface area contributed by atoms with Gasteiger partial charge in [-0.2, -0.15) is 15.0 Å². The second kappa shape index (κ2) is 5.10. The summed E-state index contributed by atoms with van der Waals surface area (Å²) in [7, 11) is 0. The minimum atomic E-state index is -0.641. The van der Waals surface area contributed by atoms with E-state index >= 15 is 0 Å². The van der Waals surface area contributed by atoms with Crippen LogP contribution in [-0.4, -0.2) is 11.6 Å². The van der Waals surface area contributed by atoms with Crippen molar-refractivity contribution < 1.29 is 14.5 Å². The number of rotatable bonds is 1. The second-order valence-electron chi connectivity index (χ2n) is 9.33. The summed E-state index contributed by atoms with van der Waals surface area (Å²) < 4.78 is 6.72. The molecule has 4 nitrogen and oxygen atoms in total. The summed E-state index contributed by atoms with van der Waals surface area (Å²) in [5.74, 6) is 1.54. The third-order valence-electron chi connectivity index (χ3n) is 8.16. The van der Waals surface area contributed by atoms with Crippen LogP contribution in [0.3, 0.4) is 0 Å². The lowest BCUT2D eigenvalue weighted by molar-refractivity contribution is -0.370. The van der Waals surface area contributed by atoms with E-state index in [9.17, 15) is 5.26 Å². The van der Waals surface area contributed by atoms with Gasteiger partial charge in [-0.25, -0.2) is 0 Å². The lowest BCUT2D eigenvalue weighted by atomic mass is 9.68. The SMILES string of the molecule is N#CC1(c2ccccc2)CCC2(CC1)OOC1(O2)C2CC3CC(C2)C1C3. The van der Waals surface area contributed by atoms with E-state index in [-0.39, 0.29) is 0 Å². The molecule has 6 aliphatic rings. The van der Waals surface area contributed by atoms with Gasteiger partial charge in [0.15, 0.2) is 0 Å². The monoisotopic (exact) mass is 351 g/mol. The maximum atomic E-state index is 9.94. The standard InChI is InChI=1S/C22H25NO3/c23-14-20(17-4-2-1-3-5-17)6-8-21(9-7-20)24-22(26-25-21)18-11-15-10-16(13-18)19(22)12-15/h1-5,15-16,18-19H,6-13H2. The largest absolute Gasteiger partial charge is 0.312 e. The predicted molar refractivity (Wildman–Crippen MR) is 93.3 cm³/mol. The Balaban J connectivity index is 1.25. The number of nitrogens with zero attached hydrogens (tertiary/aromatic N) is 1. The summed E-state index contributed by atoms with van der Waals surface area (Å²) in [6, 6.07) is 12.8. The van der Waals surface area contributed by atoms with Crippen LogP contribution in [-0.2, 0) is 19.9 Å². The summed E-state index contributed by atoms with van der Waals surface area (Å²) >= 11 is 0. The summed E-state index contributed by atoms with van der Waals surface area (Å²) in [6.07, 6.45) is 8.05. The van der Waals surface area contributed by atoms with Crippen molar-refractivity contribution in [1.82, 2.24) is 0 Å². The number of ether oxygens (including phenoxy) is 1. The highest BCUT2D eigenvalue weighted by Gasteiger charge is 2.71. The molecule has 0 amide bonds. The summed E-state index contributed by atoms with van der Waals surface area (Å²) in [5, 5.41) is 9.94. The molecule has 26 heavy (non-hydrogen) atoms. The van der Waals surface area contributed by atoms with Crippen LogP contribution in [0.2, 0.25) is 0 Å². The predicted octanol–water partition coefficient (Wildman–Crippen LogP) is 4.46. The number of nitriles is 1. The lowest BCUT2D eigenvalue weighted by Gasteiger charge is -2.42. The van der Waals surface area contributed by atoms with E-state index in [0.717, 1.165) is 43.1 Å². The van der Waals surface area contributed by atoms with E-state index < -0.39 is 17.0 Å². The van der Waals surface area contributed by atoms with Crippen LogP contribution in [0.1, 0.15) is 56.9 Å². The van der Waals surface area contributed by atoms with Crippen LogP contribution in [0.15, 0.2) is 30.3 Å². The first-order chi connectivity index (χ1) is 12.7. The van der Waals surface area contributed by atoms with Gasteiger partial charge in [-0.1, -0.05) is 30.3 Å². The van der Waals surface area contributed by atoms with Gasteiger partial charge in [0.25, 0.3) is 0 Å². The highest BCUT2D eigenvalue weighted by atomic mass is 17.3. The van der Waals surface area contributed by atoms with Crippen LogP contribution in [0, 0.1) is 35.0 Å². The van der Waals surface area contributed by atoms with Crippen molar-refractivity contribution >= 4 is 0 Å². The Morgan fingerprint density at radius 3 is 2.46 bits per heavy atom. The Hall–Kier alpha value is -1.41. The summed E-state index contributed by atoms with van der Waals surface area (Å²) in [4.78, 5) is 12.0. The molecule has 5 saturated carbocycles. The van der Waals surface area contributed by atoms with Crippen LogP contribution >= 0.6 is 0 Å². The van der Waals surface area contributed by atoms with Gasteiger partial charge in [0, 0.05) is 24.7 Å². The molecular weight excluding hydrogens is 326 g/mol. The van der Waals surface area contributed by atoms with Crippen molar-refractivity contribution in [1.29, 1.82) is 5.26 Å². The van der Waals surface area contributed by atoms with Gasteiger partial charge >= 0.3 is 0 Å². The molecule has 0 N–H and O–H groups in total. The van der Waals surface area contributed by atoms with Crippen molar-refractivity contribution in [3.8, 4) is 6.07 Å². The highest BCUT2D eigenvalue weighted by molar-refractivity contribution is 5.33. The Bertz CT molecular complexity index is 759. The number of hydrogen-bond acceptors (Lipinski definition) is 4. The van der Waals surface area contributed by atoms with Gasteiger partial charge in [-0.15, -0.1) is 0 Å². The molecule has 5 unspecified atom stereocenters. The maximum Gasteiger partial charge on any atom is 0.210 e. The molecule has 0 radical (unpaired) electrons. The molecular formula is C22H25NO3. The minimum Gasteiger partial charge on any atom is -0.312 e. The maximum absolute atomic E-state index is 9.94. The molecule has 6 fully saturated rings. The molecule has 1 aromatic rings. The highest BCUT2D eigenvalue weighted by Crippen LogP contribution is 2.67. The minimum absolute atomic E-state index is 0.428. The normalized spacial score (nSPS) is 51.3. The Kier molecular flexibility index (Phi) is 3.06. The average Bonchev–Trinajstić information content (AvgIpc) is 3.27. The van der Waals surface area contributed by atoms with E-state index in [1.807, 2.05) is 18.2 Å². The first-order valence-corrected chi connectivity index (χ1v) is 10.2. The van der Waals surface area contributed by atoms with E-state index in [1.165, 1.54) is 25.7 Å². The molecule has 4 heteroatoms. The third kappa shape index (κ3) is 1.89. The van der Waals surface area contributed by atoms with Crippen LogP contribution < -0.4 is 0 Å². The summed E-state index contributed by atoms with van der Waals surface area (Å²) in [6.45, 7) is 0. The van der Waals surface area contributed by atoms with Gasteiger partial charge in [0.1, 0.15) is 0 Å². The van der Waals surface area contributed by atoms with E-state index in [0.29, 0.717) is 11.8 Å². The molecule has 2 spiro atoms. The molecule has 4 bridgehead atoms. The molecule has 1 aromatic carbocycles. The Labute approximate surface area is 154 Å². The van der Waals surface area contributed by atoms with Gasteiger partial charge in [0.05, 0.1) is 11.5 Å². The summed E-state index contributed by atoms with van der Waals surface area (Å²) in [5.41, 5.74) is 0.687. The quantitative estimate of drug-likeness (QED) is 0.701. The fraction of sp³-hybridized carbons (Fsp3) is 0.682. The van der Waals surface area contributed by atoms with Gasteiger partial charge < -0.3 is 4.74 Å². The van der Waals surface area contributed by atoms with Crippen molar-refractivity contribution in [3.05, 3.63) is 35.9 Å². The topological polar surface area (TPSA) is 51.5 Å². The molecule has 1 saturated heterocycles. The molecule has 0 aromatic heterocycles. The number of benzene rings is 1. The van der Waals surface area contributed by atoms with Crippen molar-refractivity contribution in [2.24, 2.45) is 23.7 Å². The molecule has 1 aliphatic heterocycles. The van der Waals surface area contributed by atoms with E-state index in [4.69, 9.17) is 14.5 Å². The van der Waals surface area contributed by atoms with Crippen LogP contribution in [0.25, 0.3) is 0 Å². The zero-order valence-corrected chi connectivity index (χ0v) is 15.0. The second-order valence-corrected chi connectivity index (χ2v) is 9.33. The molecule has 5 aliphatic carbocycles. The molecule has 1 heterocycles. The fourth-order valence-corrected chi connectivity index (χ4v) is 6.90.